The van der Waals surface area contributed by atoms with Crippen LogP contribution in [0.15, 0.2) is 29.1 Å². The summed E-state index contributed by atoms with van der Waals surface area (Å²) in [5, 5.41) is 8.37. The second kappa shape index (κ2) is 7.44. The highest BCUT2D eigenvalue weighted by Gasteiger charge is 2.18. The molecule has 2 aromatic rings. The first kappa shape index (κ1) is 16.4. The van der Waals surface area contributed by atoms with E-state index in [0.29, 0.717) is 18.1 Å². The molecule has 0 aliphatic carbocycles. The predicted octanol–water partition coefficient (Wildman–Crippen LogP) is 0.906. The van der Waals surface area contributed by atoms with Crippen LogP contribution >= 0.6 is 0 Å². The molecule has 0 saturated carbocycles. The molecule has 2 heterocycles. The molecule has 1 aliphatic rings. The number of methoxy groups -OCH3 is 1. The second-order valence-electron chi connectivity index (χ2n) is 5.87. The molecule has 24 heavy (non-hydrogen) atoms. The van der Waals surface area contributed by atoms with Crippen molar-refractivity contribution in [3.05, 3.63) is 45.9 Å². The van der Waals surface area contributed by atoms with Gasteiger partial charge < -0.3 is 14.5 Å². The molecule has 0 amide bonds. The van der Waals surface area contributed by atoms with Crippen molar-refractivity contribution in [3.63, 3.8) is 0 Å². The summed E-state index contributed by atoms with van der Waals surface area (Å²) >= 11 is 0. The van der Waals surface area contributed by atoms with E-state index in [9.17, 15) is 4.79 Å². The minimum absolute atomic E-state index is 0.172. The highest BCUT2D eigenvalue weighted by atomic mass is 16.5. The van der Waals surface area contributed by atoms with Crippen molar-refractivity contribution in [2.45, 2.75) is 13.3 Å². The van der Waals surface area contributed by atoms with E-state index in [1.807, 2.05) is 24.3 Å². The Morgan fingerprint density at radius 2 is 1.83 bits per heavy atom. The van der Waals surface area contributed by atoms with Gasteiger partial charge in [0.1, 0.15) is 11.4 Å². The van der Waals surface area contributed by atoms with Crippen LogP contribution < -0.4 is 15.2 Å². The van der Waals surface area contributed by atoms with E-state index in [4.69, 9.17) is 4.74 Å². The molecule has 7 nitrogen and oxygen atoms in total. The third-order valence-electron chi connectivity index (χ3n) is 4.40. The van der Waals surface area contributed by atoms with Gasteiger partial charge in [0.15, 0.2) is 0 Å². The Morgan fingerprint density at radius 1 is 1.12 bits per heavy atom. The minimum Gasteiger partial charge on any atom is -0.497 e. The Morgan fingerprint density at radius 3 is 2.42 bits per heavy atom. The highest BCUT2D eigenvalue weighted by molar-refractivity contribution is 5.31. The van der Waals surface area contributed by atoms with Gasteiger partial charge in [-0.05, 0) is 24.2 Å². The van der Waals surface area contributed by atoms with E-state index in [2.05, 4.69) is 31.9 Å². The summed E-state index contributed by atoms with van der Waals surface area (Å²) in [6, 6.07) is 7.60. The van der Waals surface area contributed by atoms with Gasteiger partial charge in [-0.2, -0.15) is 0 Å². The summed E-state index contributed by atoms with van der Waals surface area (Å²) in [5.41, 5.74) is 1.25. The third kappa shape index (κ3) is 3.73. The fraction of sp³-hybridized carbons (Fsp3) is 0.471. The molecule has 0 unspecified atom stereocenters. The number of hydrogen-bond donors (Lipinski definition) is 1. The van der Waals surface area contributed by atoms with Gasteiger partial charge in [-0.25, -0.2) is 0 Å². The largest absolute Gasteiger partial charge is 0.497 e. The van der Waals surface area contributed by atoms with Gasteiger partial charge in [0.05, 0.1) is 7.11 Å². The van der Waals surface area contributed by atoms with Gasteiger partial charge in [-0.15, -0.1) is 10.2 Å². The van der Waals surface area contributed by atoms with Crippen LogP contribution in [-0.2, 0) is 6.42 Å². The molecule has 0 spiro atoms. The second-order valence-corrected chi connectivity index (χ2v) is 5.87. The van der Waals surface area contributed by atoms with E-state index < -0.39 is 0 Å². The maximum atomic E-state index is 12.3. The minimum atomic E-state index is -0.172. The van der Waals surface area contributed by atoms with Gasteiger partial charge in [-0.3, -0.25) is 9.78 Å². The number of nitrogens with one attached hydrogen (secondary N) is 1. The van der Waals surface area contributed by atoms with Crippen molar-refractivity contribution >= 4 is 5.95 Å². The Hall–Kier alpha value is -2.41. The molecule has 128 valence electrons. The fourth-order valence-corrected chi connectivity index (χ4v) is 2.82. The quantitative estimate of drug-likeness (QED) is 0.879. The first-order valence-corrected chi connectivity index (χ1v) is 8.25. The van der Waals surface area contributed by atoms with Crippen LogP contribution in [0.5, 0.6) is 5.75 Å². The smallest absolute Gasteiger partial charge is 0.274 e. The van der Waals surface area contributed by atoms with Crippen LogP contribution in [0.3, 0.4) is 0 Å². The normalized spacial score (nSPS) is 15.5. The van der Waals surface area contributed by atoms with Crippen molar-refractivity contribution in [2.75, 3.05) is 44.7 Å². The molecule has 3 rings (SSSR count). The van der Waals surface area contributed by atoms with Gasteiger partial charge in [0.25, 0.3) is 5.56 Å². The van der Waals surface area contributed by atoms with Gasteiger partial charge >= 0.3 is 0 Å². The lowest BCUT2D eigenvalue weighted by atomic mass is 10.1. The topological polar surface area (TPSA) is 74.4 Å². The summed E-state index contributed by atoms with van der Waals surface area (Å²) < 4.78 is 5.14. The van der Waals surface area contributed by atoms with Crippen LogP contribution in [0, 0.1) is 0 Å². The lowest BCUT2D eigenvalue weighted by Crippen LogP contribution is -2.47. The zero-order valence-corrected chi connectivity index (χ0v) is 14.2. The highest BCUT2D eigenvalue weighted by Crippen LogP contribution is 2.13. The molecule has 1 aromatic carbocycles. The summed E-state index contributed by atoms with van der Waals surface area (Å²) in [5.74, 6) is 1.36. The van der Waals surface area contributed by atoms with Gasteiger partial charge in [0, 0.05) is 32.6 Å². The third-order valence-corrected chi connectivity index (χ3v) is 4.40. The first-order chi connectivity index (χ1) is 11.7. The number of aromatic amines is 1. The summed E-state index contributed by atoms with van der Waals surface area (Å²) in [6.07, 6.45) is 0.455. The number of hydrogen-bond acceptors (Lipinski definition) is 6. The molecule has 1 aliphatic heterocycles. The Kier molecular flexibility index (Phi) is 5.10. The molecule has 0 atom stereocenters. The number of H-pyrrole nitrogens is 1. The first-order valence-electron chi connectivity index (χ1n) is 8.25. The number of anilines is 1. The molecule has 1 saturated heterocycles. The lowest BCUT2D eigenvalue weighted by molar-refractivity contribution is 0.269. The average molecular weight is 329 g/mol. The van der Waals surface area contributed by atoms with E-state index >= 15 is 0 Å². The van der Waals surface area contributed by atoms with Crippen LogP contribution in [-0.4, -0.2) is 59.9 Å². The summed E-state index contributed by atoms with van der Waals surface area (Å²) in [4.78, 5) is 19.6. The standard InChI is InChI=1S/C17H23N5O2/c1-3-21-8-10-22(11-9-21)17-18-16(23)15(19-20-17)12-13-4-6-14(24-2)7-5-13/h4-7H,3,8-12H2,1-2H3,(H,18,20,23). The lowest BCUT2D eigenvalue weighted by Gasteiger charge is -2.33. The number of nitrogens with zero attached hydrogens (tertiary/aromatic N) is 4. The van der Waals surface area contributed by atoms with Gasteiger partial charge in [-0.1, -0.05) is 19.1 Å². The van der Waals surface area contributed by atoms with Crippen LogP contribution in [0.4, 0.5) is 5.95 Å². The molecule has 7 heteroatoms. The maximum Gasteiger partial charge on any atom is 0.274 e. The van der Waals surface area contributed by atoms with Crippen molar-refractivity contribution in [2.24, 2.45) is 0 Å². The molecule has 1 aromatic heterocycles. The van der Waals surface area contributed by atoms with Gasteiger partial charge in [0.2, 0.25) is 5.95 Å². The monoisotopic (exact) mass is 329 g/mol. The molecule has 1 fully saturated rings. The average Bonchev–Trinajstić information content (AvgIpc) is 2.64. The zero-order chi connectivity index (χ0) is 16.9. The molecule has 1 N–H and O–H groups in total. The Bertz CT molecular complexity index is 721. The number of rotatable bonds is 5. The Balaban J connectivity index is 1.69. The molecular weight excluding hydrogens is 306 g/mol. The summed E-state index contributed by atoms with van der Waals surface area (Å²) in [6.45, 7) is 6.89. The van der Waals surface area contributed by atoms with Crippen molar-refractivity contribution < 1.29 is 4.74 Å². The van der Waals surface area contributed by atoms with E-state index in [1.54, 1.807) is 7.11 Å². The Labute approximate surface area is 141 Å². The van der Waals surface area contributed by atoms with E-state index in [-0.39, 0.29) is 5.56 Å². The van der Waals surface area contributed by atoms with E-state index in [0.717, 1.165) is 44.0 Å². The van der Waals surface area contributed by atoms with Crippen LogP contribution in [0.1, 0.15) is 18.2 Å². The molecule has 0 radical (unpaired) electrons. The van der Waals surface area contributed by atoms with Crippen molar-refractivity contribution in [3.8, 4) is 5.75 Å². The predicted molar refractivity (Wildman–Crippen MR) is 92.8 cm³/mol. The number of aromatic nitrogens is 3. The summed E-state index contributed by atoms with van der Waals surface area (Å²) in [7, 11) is 1.63. The number of ether oxygens (including phenoxy) is 1. The molecular formula is C17H23N5O2. The number of benzene rings is 1. The zero-order valence-electron chi connectivity index (χ0n) is 14.2. The number of piperazine rings is 1. The SMILES string of the molecule is CCN1CCN(c2nnc(Cc3ccc(OC)cc3)c(=O)[nH]2)CC1. The van der Waals surface area contributed by atoms with E-state index in [1.165, 1.54) is 0 Å². The van der Waals surface area contributed by atoms with Crippen LogP contribution in [0.2, 0.25) is 0 Å². The number of likely N-dealkylation sites (N-methyl/N-ethyl adjacent to an activating group) is 1. The maximum absolute atomic E-state index is 12.3. The van der Waals surface area contributed by atoms with Crippen molar-refractivity contribution in [1.82, 2.24) is 20.1 Å². The van der Waals surface area contributed by atoms with Crippen molar-refractivity contribution in [1.29, 1.82) is 0 Å². The fourth-order valence-electron chi connectivity index (χ4n) is 2.82. The van der Waals surface area contributed by atoms with Crippen LogP contribution in [0.25, 0.3) is 0 Å². The molecule has 0 bridgehead atoms.